The van der Waals surface area contributed by atoms with Gasteiger partial charge in [-0.1, -0.05) is 35.4 Å². The lowest BCUT2D eigenvalue weighted by Gasteiger charge is -2.25. The molecular weight excluding hydrogens is 384 g/mol. The third-order valence-electron chi connectivity index (χ3n) is 4.39. The van der Waals surface area contributed by atoms with E-state index in [4.69, 9.17) is 11.6 Å². The Hall–Kier alpha value is -2.05. The molecule has 2 aromatic rings. The van der Waals surface area contributed by atoms with Crippen molar-refractivity contribution in [3.05, 3.63) is 63.7 Å². The summed E-state index contributed by atoms with van der Waals surface area (Å²) in [6, 6.07) is 10.7. The molecule has 2 rings (SSSR count). The molecule has 0 aromatic heterocycles. The van der Waals surface area contributed by atoms with Crippen molar-refractivity contribution in [1.82, 2.24) is 5.32 Å². The molecule has 0 aliphatic heterocycles. The molecule has 0 aliphatic carbocycles. The number of hydrogen-bond acceptors (Lipinski definition) is 3. The standard InChI is InChI=1S/C20H25ClN2O3S/c1-13-6-7-14(2)18(10-13)16(4)22-20(24)12-23(27(5,25)26)19-9-8-17(21)11-15(19)3/h6-11,16H,12H2,1-5H3,(H,22,24)/t16-/m1/s1. The first-order valence-corrected chi connectivity index (χ1v) is 10.8. The van der Waals surface area contributed by atoms with Crippen LogP contribution in [0.1, 0.15) is 35.2 Å². The van der Waals surface area contributed by atoms with Crippen molar-refractivity contribution in [1.29, 1.82) is 0 Å². The first-order chi connectivity index (χ1) is 12.5. The van der Waals surface area contributed by atoms with Crippen LogP contribution in [0.25, 0.3) is 0 Å². The van der Waals surface area contributed by atoms with E-state index in [0.717, 1.165) is 27.3 Å². The molecule has 7 heteroatoms. The van der Waals surface area contributed by atoms with Crippen LogP contribution in [0.15, 0.2) is 36.4 Å². The maximum atomic E-state index is 12.6. The van der Waals surface area contributed by atoms with E-state index in [1.165, 1.54) is 0 Å². The summed E-state index contributed by atoms with van der Waals surface area (Å²) in [6.45, 7) is 7.33. The SMILES string of the molecule is Cc1ccc(C)c([C@@H](C)NC(=O)CN(c2ccc(Cl)cc2C)S(C)(=O)=O)c1. The van der Waals surface area contributed by atoms with Gasteiger partial charge in [0.1, 0.15) is 6.54 Å². The molecule has 1 atom stereocenters. The molecule has 0 aliphatic rings. The van der Waals surface area contributed by atoms with Crippen molar-refractivity contribution in [2.45, 2.75) is 33.7 Å². The van der Waals surface area contributed by atoms with Crippen molar-refractivity contribution < 1.29 is 13.2 Å². The van der Waals surface area contributed by atoms with Gasteiger partial charge in [-0.25, -0.2) is 8.42 Å². The maximum absolute atomic E-state index is 12.6. The summed E-state index contributed by atoms with van der Waals surface area (Å²) in [5, 5.41) is 3.41. The van der Waals surface area contributed by atoms with Gasteiger partial charge in [0.15, 0.2) is 0 Å². The molecule has 0 saturated heterocycles. The Kier molecular flexibility index (Phi) is 6.54. The minimum absolute atomic E-state index is 0.231. The zero-order valence-corrected chi connectivity index (χ0v) is 17.8. The van der Waals surface area contributed by atoms with Crippen LogP contribution in [0.4, 0.5) is 5.69 Å². The van der Waals surface area contributed by atoms with Crippen molar-refractivity contribution >= 4 is 33.2 Å². The Labute approximate surface area is 166 Å². The molecule has 0 saturated carbocycles. The molecule has 1 amide bonds. The number of hydrogen-bond donors (Lipinski definition) is 1. The zero-order chi connectivity index (χ0) is 20.4. The molecule has 0 unspecified atom stereocenters. The lowest BCUT2D eigenvalue weighted by atomic mass is 10.00. The lowest BCUT2D eigenvalue weighted by Crippen LogP contribution is -2.41. The monoisotopic (exact) mass is 408 g/mol. The summed E-state index contributed by atoms with van der Waals surface area (Å²) in [4.78, 5) is 12.6. The van der Waals surface area contributed by atoms with Gasteiger partial charge in [-0.3, -0.25) is 9.10 Å². The lowest BCUT2D eigenvalue weighted by molar-refractivity contribution is -0.120. The quantitative estimate of drug-likeness (QED) is 0.787. The summed E-state index contributed by atoms with van der Waals surface area (Å²) in [7, 11) is -3.63. The van der Waals surface area contributed by atoms with Crippen LogP contribution in [0.2, 0.25) is 5.02 Å². The van der Waals surface area contributed by atoms with Crippen LogP contribution >= 0.6 is 11.6 Å². The topological polar surface area (TPSA) is 66.5 Å². The predicted molar refractivity (Wildman–Crippen MR) is 111 cm³/mol. The summed E-state index contributed by atoms with van der Waals surface area (Å²) in [6.07, 6.45) is 1.09. The van der Waals surface area contributed by atoms with Crippen molar-refractivity contribution in [3.8, 4) is 0 Å². The number of carbonyl (C=O) groups excluding carboxylic acids is 1. The minimum atomic E-state index is -3.63. The molecule has 27 heavy (non-hydrogen) atoms. The Balaban J connectivity index is 2.23. The molecule has 146 valence electrons. The van der Waals surface area contributed by atoms with Gasteiger partial charge < -0.3 is 5.32 Å². The zero-order valence-electron chi connectivity index (χ0n) is 16.2. The normalized spacial score (nSPS) is 12.5. The van der Waals surface area contributed by atoms with E-state index in [9.17, 15) is 13.2 Å². The van der Waals surface area contributed by atoms with Crippen LogP contribution in [0.3, 0.4) is 0 Å². The number of amides is 1. The molecule has 2 aromatic carbocycles. The first-order valence-electron chi connectivity index (χ1n) is 8.59. The van der Waals surface area contributed by atoms with Gasteiger partial charge in [-0.2, -0.15) is 0 Å². The smallest absolute Gasteiger partial charge is 0.241 e. The average Bonchev–Trinajstić information content (AvgIpc) is 2.54. The van der Waals surface area contributed by atoms with Crippen molar-refractivity contribution in [3.63, 3.8) is 0 Å². The number of sulfonamides is 1. The van der Waals surface area contributed by atoms with E-state index in [2.05, 4.69) is 5.32 Å². The van der Waals surface area contributed by atoms with Gasteiger partial charge in [0.05, 0.1) is 18.0 Å². The number of halogens is 1. The van der Waals surface area contributed by atoms with E-state index < -0.39 is 10.0 Å². The molecule has 0 fully saturated rings. The van der Waals surface area contributed by atoms with E-state index >= 15 is 0 Å². The first kappa shape index (κ1) is 21.3. The van der Waals surface area contributed by atoms with Crippen LogP contribution in [0.5, 0.6) is 0 Å². The molecule has 0 heterocycles. The van der Waals surface area contributed by atoms with Gasteiger partial charge in [0, 0.05) is 5.02 Å². The molecule has 0 spiro atoms. The van der Waals surface area contributed by atoms with E-state index in [-0.39, 0.29) is 18.5 Å². The van der Waals surface area contributed by atoms with Crippen molar-refractivity contribution in [2.75, 3.05) is 17.1 Å². The number of nitrogens with one attached hydrogen (secondary N) is 1. The van der Waals surface area contributed by atoms with Crippen LogP contribution in [0, 0.1) is 20.8 Å². The second-order valence-electron chi connectivity index (χ2n) is 6.85. The molecule has 5 nitrogen and oxygen atoms in total. The summed E-state index contributed by atoms with van der Waals surface area (Å²) in [5.74, 6) is -0.372. The number of rotatable bonds is 6. The number of carbonyl (C=O) groups is 1. The highest BCUT2D eigenvalue weighted by Crippen LogP contribution is 2.25. The van der Waals surface area contributed by atoms with Gasteiger partial charge in [0.2, 0.25) is 15.9 Å². The number of nitrogens with zero attached hydrogens (tertiary/aromatic N) is 1. The average molecular weight is 409 g/mol. The molecular formula is C20H25ClN2O3S. The second-order valence-corrected chi connectivity index (χ2v) is 9.19. The number of anilines is 1. The van der Waals surface area contributed by atoms with Gasteiger partial charge in [-0.05, 0) is 62.6 Å². The highest BCUT2D eigenvalue weighted by Gasteiger charge is 2.23. The Morgan fingerprint density at radius 1 is 1.11 bits per heavy atom. The number of benzene rings is 2. The van der Waals surface area contributed by atoms with Gasteiger partial charge in [-0.15, -0.1) is 0 Å². The van der Waals surface area contributed by atoms with Crippen LogP contribution < -0.4 is 9.62 Å². The third-order valence-corrected chi connectivity index (χ3v) is 5.76. The summed E-state index contributed by atoms with van der Waals surface area (Å²) < 4.78 is 25.6. The highest BCUT2D eigenvalue weighted by atomic mass is 35.5. The van der Waals surface area contributed by atoms with Gasteiger partial charge in [0.25, 0.3) is 0 Å². The maximum Gasteiger partial charge on any atom is 0.241 e. The van der Waals surface area contributed by atoms with Crippen molar-refractivity contribution in [2.24, 2.45) is 0 Å². The fraction of sp³-hybridized carbons (Fsp3) is 0.350. The Bertz CT molecular complexity index is 958. The largest absolute Gasteiger partial charge is 0.348 e. The van der Waals surface area contributed by atoms with E-state index in [1.54, 1.807) is 25.1 Å². The molecule has 1 N–H and O–H groups in total. The highest BCUT2D eigenvalue weighted by molar-refractivity contribution is 7.92. The van der Waals surface area contributed by atoms with E-state index in [0.29, 0.717) is 16.3 Å². The Morgan fingerprint density at radius 3 is 2.37 bits per heavy atom. The van der Waals surface area contributed by atoms with Gasteiger partial charge >= 0.3 is 0 Å². The van der Waals surface area contributed by atoms with Crippen LogP contribution in [-0.2, 0) is 14.8 Å². The molecule has 0 radical (unpaired) electrons. The van der Waals surface area contributed by atoms with Crippen LogP contribution in [-0.4, -0.2) is 27.1 Å². The second kappa shape index (κ2) is 8.31. The van der Waals surface area contributed by atoms with E-state index in [1.807, 2.05) is 39.0 Å². The predicted octanol–water partition coefficient (Wildman–Crippen LogP) is 3.91. The Morgan fingerprint density at radius 2 is 1.78 bits per heavy atom. The third kappa shape index (κ3) is 5.47. The fourth-order valence-electron chi connectivity index (χ4n) is 3.00. The molecule has 0 bridgehead atoms. The summed E-state index contributed by atoms with van der Waals surface area (Å²) in [5.41, 5.74) is 4.31. The minimum Gasteiger partial charge on any atom is -0.348 e. The number of aryl methyl sites for hydroxylation is 3. The fourth-order valence-corrected chi connectivity index (χ4v) is 4.14. The summed E-state index contributed by atoms with van der Waals surface area (Å²) >= 11 is 5.96.